The number of hydrogen-bond acceptors (Lipinski definition) is 2. The van der Waals surface area contributed by atoms with Crippen LogP contribution in [0, 0.1) is 5.41 Å². The van der Waals surface area contributed by atoms with Crippen LogP contribution in [0.3, 0.4) is 0 Å². The minimum absolute atomic E-state index is 0.0742. The first-order chi connectivity index (χ1) is 17.3. The molecule has 0 aliphatic heterocycles. The van der Waals surface area contributed by atoms with E-state index in [2.05, 4.69) is 34.6 Å². The average Bonchev–Trinajstić information content (AvgIpc) is 3.20. The molecule has 3 fully saturated rings. The lowest BCUT2D eigenvalue weighted by Gasteiger charge is -2.69. The van der Waals surface area contributed by atoms with Gasteiger partial charge >= 0.3 is 6.18 Å². The Morgan fingerprint density at radius 1 is 0.917 bits per heavy atom. The second-order valence-electron chi connectivity index (χ2n) is 10.2. The molecule has 7 heteroatoms. The smallest absolute Gasteiger partial charge is 0.372 e. The van der Waals surface area contributed by atoms with E-state index >= 15 is 0 Å². The maximum atomic E-state index is 13.1. The number of aromatic amines is 1. The summed E-state index contributed by atoms with van der Waals surface area (Å²) in [6, 6.07) is 21.3. The number of benzene rings is 3. The highest BCUT2D eigenvalue weighted by molar-refractivity contribution is 6.05. The first-order valence-corrected chi connectivity index (χ1v) is 12.0. The number of ether oxygens (including phenoxy) is 1. The van der Waals surface area contributed by atoms with E-state index in [0.717, 1.165) is 53.5 Å². The number of carbonyl (C=O) groups excluding carboxylic acids is 1. The molecule has 0 spiro atoms. The number of anilines is 1. The number of aromatic nitrogens is 1. The fraction of sp³-hybridized carbons (Fsp3) is 0.276. The number of hydrogen-bond donors (Lipinski definition) is 2. The van der Waals surface area contributed by atoms with Crippen LogP contribution < -0.4 is 5.32 Å². The van der Waals surface area contributed by atoms with Crippen LogP contribution in [0.4, 0.5) is 18.9 Å². The van der Waals surface area contributed by atoms with E-state index in [1.807, 2.05) is 30.5 Å². The van der Waals surface area contributed by atoms with Gasteiger partial charge in [-0.2, -0.15) is 13.2 Å². The molecule has 4 aromatic rings. The van der Waals surface area contributed by atoms with Crippen LogP contribution in [-0.2, 0) is 34.3 Å². The second kappa shape index (κ2) is 8.23. The summed E-state index contributed by atoms with van der Waals surface area (Å²) in [4.78, 5) is 16.4. The third-order valence-corrected chi connectivity index (χ3v) is 7.71. The van der Waals surface area contributed by atoms with Gasteiger partial charge in [0, 0.05) is 17.1 Å². The monoisotopic (exact) mass is 490 g/mol. The van der Waals surface area contributed by atoms with Crippen LogP contribution in [0.5, 0.6) is 0 Å². The maximum absolute atomic E-state index is 13.1. The lowest BCUT2D eigenvalue weighted by atomic mass is 9.33. The minimum atomic E-state index is -4.35. The molecule has 0 saturated heterocycles. The number of rotatable bonds is 7. The summed E-state index contributed by atoms with van der Waals surface area (Å²) in [5, 5.41) is 4.04. The molecule has 1 aromatic heterocycles. The summed E-state index contributed by atoms with van der Waals surface area (Å²) in [7, 11) is 0. The first-order valence-electron chi connectivity index (χ1n) is 12.0. The van der Waals surface area contributed by atoms with Crippen molar-refractivity contribution in [1.82, 2.24) is 4.98 Å². The molecular formula is C29H25F3N2O2. The Labute approximate surface area is 206 Å². The van der Waals surface area contributed by atoms with Crippen molar-refractivity contribution in [2.24, 2.45) is 5.41 Å². The van der Waals surface area contributed by atoms with Crippen LogP contribution in [0.2, 0.25) is 0 Å². The molecule has 3 aromatic carbocycles. The summed E-state index contributed by atoms with van der Waals surface area (Å²) >= 11 is 0. The molecule has 4 nitrogen and oxygen atoms in total. The molecule has 3 saturated carbocycles. The molecule has 0 atom stereocenters. The Kier molecular flexibility index (Phi) is 5.23. The van der Waals surface area contributed by atoms with Gasteiger partial charge in [0.1, 0.15) is 0 Å². The normalized spacial score (nSPS) is 22.6. The van der Waals surface area contributed by atoms with Crippen molar-refractivity contribution < 1.29 is 22.7 Å². The topological polar surface area (TPSA) is 54.1 Å². The van der Waals surface area contributed by atoms with E-state index in [4.69, 9.17) is 4.74 Å². The predicted octanol–water partition coefficient (Wildman–Crippen LogP) is 6.96. The molecule has 36 heavy (non-hydrogen) atoms. The van der Waals surface area contributed by atoms with E-state index in [9.17, 15) is 18.0 Å². The summed E-state index contributed by atoms with van der Waals surface area (Å²) in [6.45, 7) is 0.512. The first kappa shape index (κ1) is 22.9. The number of H-pyrrole nitrogens is 1. The summed E-state index contributed by atoms with van der Waals surface area (Å²) in [5.74, 6) is 0.0742. The zero-order valence-corrected chi connectivity index (χ0v) is 19.5. The molecule has 2 bridgehead atoms. The van der Waals surface area contributed by atoms with Crippen LogP contribution in [0.25, 0.3) is 10.9 Å². The van der Waals surface area contributed by atoms with Crippen molar-refractivity contribution in [1.29, 1.82) is 0 Å². The molecule has 7 rings (SSSR count). The predicted molar refractivity (Wildman–Crippen MR) is 131 cm³/mol. The highest BCUT2D eigenvalue weighted by Crippen LogP contribution is 2.73. The molecule has 3 aliphatic carbocycles. The van der Waals surface area contributed by atoms with Gasteiger partial charge < -0.3 is 15.0 Å². The van der Waals surface area contributed by atoms with Crippen molar-refractivity contribution in [2.45, 2.75) is 44.1 Å². The highest BCUT2D eigenvalue weighted by atomic mass is 19.4. The summed E-state index contributed by atoms with van der Waals surface area (Å²) in [6.07, 6.45) is 0.137. The van der Waals surface area contributed by atoms with Crippen LogP contribution in [0.1, 0.15) is 41.5 Å². The number of carbonyl (C=O) groups is 1. The Morgan fingerprint density at radius 3 is 2.28 bits per heavy atom. The Bertz CT molecular complexity index is 1400. The Hall–Kier alpha value is -3.58. The molecule has 2 N–H and O–H groups in total. The van der Waals surface area contributed by atoms with Gasteiger partial charge in [0.15, 0.2) is 0 Å². The maximum Gasteiger partial charge on any atom is 0.416 e. The second-order valence-corrected chi connectivity index (χ2v) is 10.2. The largest absolute Gasteiger partial charge is 0.416 e. The summed E-state index contributed by atoms with van der Waals surface area (Å²) in [5.41, 5.74) is 3.79. The lowest BCUT2D eigenvalue weighted by Crippen LogP contribution is -2.69. The number of amides is 1. The SMILES string of the molecule is O=C(Nc1c[nH]c2ccc(COCc3ccc(C(F)(F)F)cc3)cc12)C12CC(c3ccccc3)(C1)C2. The van der Waals surface area contributed by atoms with Crippen molar-refractivity contribution in [2.75, 3.05) is 5.32 Å². The van der Waals surface area contributed by atoms with Gasteiger partial charge in [0.25, 0.3) is 0 Å². The third kappa shape index (κ3) is 3.88. The fourth-order valence-electron chi connectivity index (χ4n) is 5.82. The fourth-order valence-corrected chi connectivity index (χ4v) is 5.82. The Balaban J connectivity index is 1.08. The van der Waals surface area contributed by atoms with E-state index in [1.165, 1.54) is 17.7 Å². The number of halogens is 3. The minimum Gasteiger partial charge on any atom is -0.372 e. The highest BCUT2D eigenvalue weighted by Gasteiger charge is 2.71. The lowest BCUT2D eigenvalue weighted by molar-refractivity contribution is -0.170. The number of fused-ring (bicyclic) bond motifs is 1. The van der Waals surface area contributed by atoms with Crippen LogP contribution in [-0.4, -0.2) is 10.9 Å². The quantitative estimate of drug-likeness (QED) is 0.294. The summed E-state index contributed by atoms with van der Waals surface area (Å²) < 4.78 is 43.9. The molecule has 0 unspecified atom stereocenters. The Morgan fingerprint density at radius 2 is 1.58 bits per heavy atom. The van der Waals surface area contributed by atoms with E-state index in [0.29, 0.717) is 12.2 Å². The van der Waals surface area contributed by atoms with E-state index < -0.39 is 11.7 Å². The van der Waals surface area contributed by atoms with E-state index in [1.54, 1.807) is 0 Å². The van der Waals surface area contributed by atoms with Crippen molar-refractivity contribution in [3.05, 3.63) is 101 Å². The zero-order valence-electron chi connectivity index (χ0n) is 19.5. The van der Waals surface area contributed by atoms with E-state index in [-0.39, 0.29) is 23.3 Å². The molecule has 1 heterocycles. The number of nitrogens with one attached hydrogen (secondary N) is 2. The van der Waals surface area contributed by atoms with Crippen LogP contribution in [0.15, 0.2) is 79.0 Å². The number of alkyl halides is 3. The van der Waals surface area contributed by atoms with Crippen LogP contribution >= 0.6 is 0 Å². The van der Waals surface area contributed by atoms with Crippen molar-refractivity contribution >= 4 is 22.5 Å². The van der Waals surface area contributed by atoms with Gasteiger partial charge in [-0.3, -0.25) is 4.79 Å². The average molecular weight is 491 g/mol. The van der Waals surface area contributed by atoms with Gasteiger partial charge in [-0.05, 0) is 65.6 Å². The molecule has 184 valence electrons. The van der Waals surface area contributed by atoms with Crippen molar-refractivity contribution in [3.63, 3.8) is 0 Å². The molecule has 3 aliphatic rings. The van der Waals surface area contributed by atoms with Gasteiger partial charge in [-0.1, -0.05) is 48.5 Å². The van der Waals surface area contributed by atoms with Gasteiger partial charge in [-0.25, -0.2) is 0 Å². The third-order valence-electron chi connectivity index (χ3n) is 7.71. The molecule has 0 radical (unpaired) electrons. The van der Waals surface area contributed by atoms with Gasteiger partial charge in [0.05, 0.1) is 29.9 Å². The standard InChI is InChI=1S/C29H25F3N2O2/c30-29(31,32)22-9-6-19(7-10-22)14-36-15-20-8-11-24-23(12-20)25(13-33-24)34-26(35)28-16-27(17-28,18-28)21-4-2-1-3-5-21/h1-13,33H,14-18H2,(H,34,35). The molecule has 1 amide bonds. The van der Waals surface area contributed by atoms with Gasteiger partial charge in [-0.15, -0.1) is 0 Å². The molecular weight excluding hydrogens is 465 g/mol. The van der Waals surface area contributed by atoms with Gasteiger partial charge in [0.2, 0.25) is 5.91 Å². The van der Waals surface area contributed by atoms with Crippen molar-refractivity contribution in [3.8, 4) is 0 Å². The zero-order chi connectivity index (χ0) is 25.0.